The van der Waals surface area contributed by atoms with Crippen LogP contribution in [0, 0.1) is 23.0 Å². The molecule has 6 heteroatoms. The largest absolute Gasteiger partial charge is 0.481 e. The van der Waals surface area contributed by atoms with Crippen LogP contribution in [-0.2, 0) is 4.79 Å². The van der Waals surface area contributed by atoms with Crippen molar-refractivity contribution >= 4 is 17.3 Å². The van der Waals surface area contributed by atoms with Crippen LogP contribution in [0.25, 0.3) is 0 Å². The molecule has 0 saturated carbocycles. The average molecular weight is 252 g/mol. The number of benzene rings is 1. The fourth-order valence-electron chi connectivity index (χ4n) is 1.47. The molecule has 1 aromatic rings. The first-order valence-corrected chi connectivity index (χ1v) is 5.63. The summed E-state index contributed by atoms with van der Waals surface area (Å²) in [7, 11) is 0. The normalized spacial score (nSPS) is 11.9. The molecular formula is C12H16N2O4. The summed E-state index contributed by atoms with van der Waals surface area (Å²) in [6.07, 6.45) is 0.469. The summed E-state index contributed by atoms with van der Waals surface area (Å²) in [5.41, 5.74) is 1.29. The Hall–Kier alpha value is -2.11. The highest BCUT2D eigenvalue weighted by atomic mass is 16.6. The lowest BCUT2D eigenvalue weighted by molar-refractivity contribution is -0.385. The van der Waals surface area contributed by atoms with Gasteiger partial charge < -0.3 is 10.4 Å². The number of aryl methyl sites for hydroxylation is 1. The molecule has 0 aliphatic heterocycles. The zero-order chi connectivity index (χ0) is 13.7. The van der Waals surface area contributed by atoms with E-state index in [1.54, 1.807) is 26.0 Å². The number of carboxylic acid groups (broad SMARTS) is 1. The highest BCUT2D eigenvalue weighted by Gasteiger charge is 2.12. The van der Waals surface area contributed by atoms with Crippen molar-refractivity contribution in [3.8, 4) is 0 Å². The number of carbonyl (C=O) groups is 1. The molecule has 1 atom stereocenters. The van der Waals surface area contributed by atoms with Crippen molar-refractivity contribution in [1.29, 1.82) is 0 Å². The molecule has 2 N–H and O–H groups in total. The van der Waals surface area contributed by atoms with Crippen LogP contribution in [0.5, 0.6) is 0 Å². The van der Waals surface area contributed by atoms with Crippen LogP contribution >= 0.6 is 0 Å². The summed E-state index contributed by atoms with van der Waals surface area (Å²) in [4.78, 5) is 20.9. The van der Waals surface area contributed by atoms with Crippen LogP contribution in [0.15, 0.2) is 18.2 Å². The maximum Gasteiger partial charge on any atom is 0.306 e. The van der Waals surface area contributed by atoms with Gasteiger partial charge in [-0.15, -0.1) is 0 Å². The Labute approximate surface area is 105 Å². The summed E-state index contributed by atoms with van der Waals surface area (Å²) < 4.78 is 0. The number of aliphatic carboxylic acids is 1. The molecule has 0 aliphatic carbocycles. The smallest absolute Gasteiger partial charge is 0.306 e. The molecule has 0 bridgehead atoms. The molecule has 0 fully saturated rings. The first-order chi connectivity index (χ1) is 8.41. The molecule has 0 radical (unpaired) electrons. The first kappa shape index (κ1) is 14.0. The Morgan fingerprint density at radius 1 is 1.56 bits per heavy atom. The minimum atomic E-state index is -0.841. The molecule has 6 nitrogen and oxygen atoms in total. The lowest BCUT2D eigenvalue weighted by atomic mass is 10.1. The molecule has 98 valence electrons. The van der Waals surface area contributed by atoms with Crippen LogP contribution in [0.2, 0.25) is 0 Å². The van der Waals surface area contributed by atoms with Gasteiger partial charge in [-0.2, -0.15) is 0 Å². The van der Waals surface area contributed by atoms with Crippen molar-refractivity contribution in [2.45, 2.75) is 20.3 Å². The molecule has 0 saturated heterocycles. The standard InChI is InChI=1S/C12H16N2O4/c1-8-3-4-10(7-11(8)14(17)18)13-6-5-9(2)12(15)16/h3-4,7,9,13H,5-6H2,1-2H3,(H,15,16). The second-order valence-electron chi connectivity index (χ2n) is 4.21. The molecular weight excluding hydrogens is 236 g/mol. The number of nitro benzene ring substituents is 1. The predicted molar refractivity (Wildman–Crippen MR) is 67.7 cm³/mol. The average Bonchev–Trinajstić information content (AvgIpc) is 2.30. The molecule has 1 aromatic carbocycles. The van der Waals surface area contributed by atoms with E-state index in [4.69, 9.17) is 5.11 Å². The summed E-state index contributed by atoms with van der Waals surface area (Å²) >= 11 is 0. The second kappa shape index (κ2) is 6.00. The van der Waals surface area contributed by atoms with Gasteiger partial charge in [0.15, 0.2) is 0 Å². The van der Waals surface area contributed by atoms with Crippen molar-refractivity contribution in [2.75, 3.05) is 11.9 Å². The number of carboxylic acids is 1. The fourth-order valence-corrected chi connectivity index (χ4v) is 1.47. The van der Waals surface area contributed by atoms with Crippen molar-refractivity contribution in [3.05, 3.63) is 33.9 Å². The minimum Gasteiger partial charge on any atom is -0.481 e. The van der Waals surface area contributed by atoms with Gasteiger partial charge in [-0.1, -0.05) is 13.0 Å². The lowest BCUT2D eigenvalue weighted by Crippen LogP contribution is -2.14. The zero-order valence-corrected chi connectivity index (χ0v) is 10.3. The highest BCUT2D eigenvalue weighted by molar-refractivity contribution is 5.69. The van der Waals surface area contributed by atoms with Crippen LogP contribution in [0.3, 0.4) is 0 Å². The lowest BCUT2D eigenvalue weighted by Gasteiger charge is -2.09. The number of anilines is 1. The Morgan fingerprint density at radius 3 is 2.78 bits per heavy atom. The van der Waals surface area contributed by atoms with Gasteiger partial charge in [-0.25, -0.2) is 0 Å². The molecule has 18 heavy (non-hydrogen) atoms. The van der Waals surface area contributed by atoms with E-state index in [0.29, 0.717) is 24.2 Å². The number of nitro groups is 1. The number of nitrogens with zero attached hydrogens (tertiary/aromatic N) is 1. The Balaban J connectivity index is 2.61. The predicted octanol–water partition coefficient (Wildman–Crippen LogP) is 2.43. The molecule has 0 heterocycles. The molecule has 0 aliphatic rings. The molecule has 1 rings (SSSR count). The van der Waals surface area contributed by atoms with Gasteiger partial charge >= 0.3 is 5.97 Å². The first-order valence-electron chi connectivity index (χ1n) is 5.63. The topological polar surface area (TPSA) is 92.5 Å². The van der Waals surface area contributed by atoms with Gasteiger partial charge in [0, 0.05) is 23.9 Å². The van der Waals surface area contributed by atoms with E-state index < -0.39 is 16.8 Å². The Bertz CT molecular complexity index is 459. The fraction of sp³-hybridized carbons (Fsp3) is 0.417. The number of nitrogens with one attached hydrogen (secondary N) is 1. The van der Waals surface area contributed by atoms with Crippen LogP contribution in [-0.4, -0.2) is 22.5 Å². The van der Waals surface area contributed by atoms with E-state index in [1.807, 2.05) is 0 Å². The molecule has 0 spiro atoms. The van der Waals surface area contributed by atoms with Gasteiger partial charge in [0.05, 0.1) is 10.8 Å². The quantitative estimate of drug-likeness (QED) is 0.599. The van der Waals surface area contributed by atoms with Gasteiger partial charge in [0.2, 0.25) is 0 Å². The van der Waals surface area contributed by atoms with E-state index >= 15 is 0 Å². The third-order valence-corrected chi connectivity index (χ3v) is 2.73. The summed E-state index contributed by atoms with van der Waals surface area (Å²) in [5, 5.41) is 22.4. The Kier molecular flexibility index (Phi) is 4.65. The summed E-state index contributed by atoms with van der Waals surface area (Å²) in [6, 6.07) is 4.87. The molecule has 0 amide bonds. The molecule has 1 unspecified atom stereocenters. The molecule has 0 aromatic heterocycles. The van der Waals surface area contributed by atoms with E-state index in [-0.39, 0.29) is 5.69 Å². The van der Waals surface area contributed by atoms with E-state index in [2.05, 4.69) is 5.32 Å². The zero-order valence-electron chi connectivity index (χ0n) is 10.3. The summed E-state index contributed by atoms with van der Waals surface area (Å²) in [6.45, 7) is 3.77. The maximum atomic E-state index is 10.7. The van der Waals surface area contributed by atoms with E-state index in [1.165, 1.54) is 6.07 Å². The highest BCUT2D eigenvalue weighted by Crippen LogP contribution is 2.22. The van der Waals surface area contributed by atoms with Crippen LogP contribution in [0.4, 0.5) is 11.4 Å². The Morgan fingerprint density at radius 2 is 2.22 bits per heavy atom. The number of hydrogen-bond donors (Lipinski definition) is 2. The van der Waals surface area contributed by atoms with Gasteiger partial charge in [-0.05, 0) is 19.4 Å². The van der Waals surface area contributed by atoms with Gasteiger partial charge in [0.25, 0.3) is 5.69 Å². The third-order valence-electron chi connectivity index (χ3n) is 2.73. The van der Waals surface area contributed by atoms with Gasteiger partial charge in [-0.3, -0.25) is 14.9 Å². The van der Waals surface area contributed by atoms with Crippen molar-refractivity contribution in [1.82, 2.24) is 0 Å². The number of rotatable bonds is 6. The van der Waals surface area contributed by atoms with Crippen LogP contribution in [0.1, 0.15) is 18.9 Å². The number of hydrogen-bond acceptors (Lipinski definition) is 4. The van der Waals surface area contributed by atoms with Crippen molar-refractivity contribution in [2.24, 2.45) is 5.92 Å². The summed E-state index contributed by atoms with van der Waals surface area (Å²) in [5.74, 6) is -1.27. The van der Waals surface area contributed by atoms with E-state index in [9.17, 15) is 14.9 Å². The maximum absolute atomic E-state index is 10.7. The third kappa shape index (κ3) is 3.73. The van der Waals surface area contributed by atoms with E-state index in [0.717, 1.165) is 0 Å². The monoisotopic (exact) mass is 252 g/mol. The SMILES string of the molecule is Cc1ccc(NCCC(C)C(=O)O)cc1[N+](=O)[O-]. The van der Waals surface area contributed by atoms with Crippen molar-refractivity contribution in [3.63, 3.8) is 0 Å². The minimum absolute atomic E-state index is 0.0614. The van der Waals surface area contributed by atoms with Crippen molar-refractivity contribution < 1.29 is 14.8 Å². The van der Waals surface area contributed by atoms with Gasteiger partial charge in [0.1, 0.15) is 0 Å². The second-order valence-corrected chi connectivity index (χ2v) is 4.21. The van der Waals surface area contributed by atoms with Crippen LogP contribution < -0.4 is 5.32 Å².